The molecule has 0 aromatic heterocycles. The van der Waals surface area contributed by atoms with Gasteiger partial charge in [-0.2, -0.15) is 0 Å². The van der Waals surface area contributed by atoms with Crippen LogP contribution in [0, 0.1) is 0 Å². The van der Waals surface area contributed by atoms with Crippen LogP contribution in [0.3, 0.4) is 0 Å². The summed E-state index contributed by atoms with van der Waals surface area (Å²) in [4.78, 5) is 45.7. The normalized spacial score (nSPS) is 30.2. The first-order valence-corrected chi connectivity index (χ1v) is 16.2. The van der Waals surface area contributed by atoms with Gasteiger partial charge in [-0.1, -0.05) is 6.07 Å². The molecule has 0 bridgehead atoms. The van der Waals surface area contributed by atoms with E-state index in [1.165, 1.54) is 12.1 Å². The number of fused-ring (bicyclic) bond motifs is 1. The number of carboxylic acid groups (broad SMARTS) is 2. The van der Waals surface area contributed by atoms with Crippen LogP contribution >= 0.6 is 0 Å². The van der Waals surface area contributed by atoms with Crippen LogP contribution in [0.25, 0.3) is 6.08 Å². The highest BCUT2D eigenvalue weighted by molar-refractivity contribution is 5.90. The Balaban J connectivity index is 1.46. The third-order valence-electron chi connectivity index (χ3n) is 8.46. The number of hydrogen-bond acceptors (Lipinski definition) is 20. The standard InChI is InChI=1S/C33H36O22/c34-12-4-15(36)13-6-18(30(51-17(13)5-12)11-1-2-14(35)16(37)3-11)52-33-29(48)31(26(45)20(54-33)10-50-24(43)8-22(40)41)55-32-28(47)27(46)25(44)19(53-32)9-49-23(42)7-21(38)39/h1-6,19-20,25-37,44-48H,7-10H2,(H,38,39)(H,40,41)/t19-,20-,25-,26-,27+,28-,29-,30?,31+,32+,33-/m1/s1. The van der Waals surface area contributed by atoms with Gasteiger partial charge in [0.25, 0.3) is 0 Å². The lowest BCUT2D eigenvalue weighted by Crippen LogP contribution is -2.65. The number of carbonyl (C=O) groups is 4. The fourth-order valence-electron chi connectivity index (χ4n) is 5.73. The zero-order chi connectivity index (χ0) is 40.3. The van der Waals surface area contributed by atoms with E-state index >= 15 is 0 Å². The summed E-state index contributed by atoms with van der Waals surface area (Å²) in [6, 6.07) is 5.61. The minimum Gasteiger partial charge on any atom is -0.508 e. The van der Waals surface area contributed by atoms with Crippen LogP contribution in [0.4, 0.5) is 0 Å². The molecule has 3 aliphatic rings. The molecule has 2 fully saturated rings. The number of hydrogen-bond donors (Lipinski definition) is 11. The SMILES string of the molecule is O=C(O)CC(=O)OC[C@H]1O[C@@H](O[C@@H]2[C@@H](O)[C@H](OC3=Cc4c(O)cc(O)cc4OC3c3ccc(O)c(O)c3)O[C@H](COC(=O)CC(=O)O)[C@H]2O)[C@H](O)[C@@H](O)[C@@H]1O. The molecule has 0 saturated carbocycles. The largest absolute Gasteiger partial charge is 0.508 e. The van der Waals surface area contributed by atoms with Gasteiger partial charge in [0.2, 0.25) is 6.29 Å². The van der Waals surface area contributed by atoms with Crippen LogP contribution in [0.1, 0.15) is 30.1 Å². The Bertz CT molecular complexity index is 1790. The van der Waals surface area contributed by atoms with E-state index in [9.17, 15) is 65.1 Å². The third kappa shape index (κ3) is 9.44. The summed E-state index contributed by atoms with van der Waals surface area (Å²) in [5.74, 6) is -7.95. The molecule has 3 heterocycles. The predicted molar refractivity (Wildman–Crippen MR) is 171 cm³/mol. The number of ether oxygens (including phenoxy) is 7. The predicted octanol–water partition coefficient (Wildman–Crippen LogP) is -2.32. The lowest BCUT2D eigenvalue weighted by atomic mass is 9.96. The number of carboxylic acids is 2. The first kappa shape index (κ1) is 40.7. The van der Waals surface area contributed by atoms with Crippen molar-refractivity contribution in [3.05, 3.63) is 47.2 Å². The average Bonchev–Trinajstić information content (AvgIpc) is 3.10. The maximum Gasteiger partial charge on any atom is 0.317 e. The van der Waals surface area contributed by atoms with Crippen molar-refractivity contribution in [3.63, 3.8) is 0 Å². The second-order valence-electron chi connectivity index (χ2n) is 12.4. The monoisotopic (exact) mass is 784 g/mol. The molecular formula is C33H36O22. The van der Waals surface area contributed by atoms with Gasteiger partial charge in [-0.05, 0) is 18.2 Å². The average molecular weight is 785 g/mol. The van der Waals surface area contributed by atoms with Crippen LogP contribution < -0.4 is 4.74 Å². The Morgan fingerprint density at radius 2 is 1.25 bits per heavy atom. The third-order valence-corrected chi connectivity index (χ3v) is 8.46. The molecule has 3 aliphatic heterocycles. The van der Waals surface area contributed by atoms with Crippen molar-refractivity contribution in [2.24, 2.45) is 0 Å². The number of esters is 2. The second kappa shape index (κ2) is 16.9. The molecule has 22 heteroatoms. The summed E-state index contributed by atoms with van der Waals surface area (Å²) in [6.07, 6.45) is -21.9. The molecule has 2 aromatic carbocycles. The molecule has 0 amide bonds. The molecule has 0 aliphatic carbocycles. The van der Waals surface area contributed by atoms with Crippen molar-refractivity contribution in [2.75, 3.05) is 13.2 Å². The van der Waals surface area contributed by atoms with Crippen molar-refractivity contribution < 1.29 is 109 Å². The number of aliphatic carboxylic acids is 2. The molecule has 2 aromatic rings. The Kier molecular flexibility index (Phi) is 12.5. The quantitative estimate of drug-likeness (QED) is 0.0576. The molecule has 2 saturated heterocycles. The highest BCUT2D eigenvalue weighted by atomic mass is 16.7. The van der Waals surface area contributed by atoms with Crippen LogP contribution in [0.2, 0.25) is 0 Å². The maximum absolute atomic E-state index is 12.1. The van der Waals surface area contributed by atoms with E-state index in [1.54, 1.807) is 0 Å². The van der Waals surface area contributed by atoms with Crippen molar-refractivity contribution in [1.82, 2.24) is 0 Å². The number of phenols is 4. The minimum absolute atomic E-state index is 0.0503. The van der Waals surface area contributed by atoms with E-state index in [-0.39, 0.29) is 22.6 Å². The van der Waals surface area contributed by atoms with Gasteiger partial charge in [0.1, 0.15) is 97.9 Å². The molecular weight excluding hydrogens is 748 g/mol. The summed E-state index contributed by atoms with van der Waals surface area (Å²) >= 11 is 0. The molecule has 11 N–H and O–H groups in total. The van der Waals surface area contributed by atoms with E-state index in [0.29, 0.717) is 0 Å². The lowest BCUT2D eigenvalue weighted by molar-refractivity contribution is -0.357. The van der Waals surface area contributed by atoms with Gasteiger partial charge in [0, 0.05) is 17.7 Å². The molecule has 55 heavy (non-hydrogen) atoms. The van der Waals surface area contributed by atoms with E-state index in [0.717, 1.165) is 24.3 Å². The second-order valence-corrected chi connectivity index (χ2v) is 12.4. The summed E-state index contributed by atoms with van der Waals surface area (Å²) in [6.45, 7) is -1.73. The van der Waals surface area contributed by atoms with E-state index in [4.69, 9.17) is 43.4 Å². The zero-order valence-electron chi connectivity index (χ0n) is 28.1. The van der Waals surface area contributed by atoms with E-state index < -0.39 is 140 Å². The van der Waals surface area contributed by atoms with Gasteiger partial charge in [-0.3, -0.25) is 19.2 Å². The minimum atomic E-state index is -2.11. The van der Waals surface area contributed by atoms with Gasteiger partial charge < -0.3 is 89.3 Å². The van der Waals surface area contributed by atoms with Crippen LogP contribution in [-0.4, -0.2) is 155 Å². The highest BCUT2D eigenvalue weighted by Crippen LogP contribution is 2.45. The van der Waals surface area contributed by atoms with E-state index in [2.05, 4.69) is 0 Å². The Morgan fingerprint density at radius 1 is 0.655 bits per heavy atom. The van der Waals surface area contributed by atoms with Crippen molar-refractivity contribution in [3.8, 4) is 28.7 Å². The number of rotatable bonds is 13. The van der Waals surface area contributed by atoms with Crippen LogP contribution in [-0.2, 0) is 47.6 Å². The van der Waals surface area contributed by atoms with Crippen molar-refractivity contribution in [1.29, 1.82) is 0 Å². The topological polar surface area (TPSA) is 355 Å². The van der Waals surface area contributed by atoms with Crippen LogP contribution in [0.15, 0.2) is 36.1 Å². The van der Waals surface area contributed by atoms with Gasteiger partial charge in [-0.15, -0.1) is 0 Å². The van der Waals surface area contributed by atoms with Crippen molar-refractivity contribution in [2.45, 2.75) is 80.4 Å². The number of benzene rings is 2. The molecule has 0 spiro atoms. The lowest BCUT2D eigenvalue weighted by Gasteiger charge is -2.46. The van der Waals surface area contributed by atoms with Gasteiger partial charge in [0.05, 0.1) is 5.56 Å². The molecule has 11 atom stereocenters. The Hall–Kier alpha value is -5.46. The Morgan fingerprint density at radius 3 is 1.85 bits per heavy atom. The highest BCUT2D eigenvalue weighted by Gasteiger charge is 2.52. The summed E-state index contributed by atoms with van der Waals surface area (Å²) in [7, 11) is 0. The fourth-order valence-corrected chi connectivity index (χ4v) is 5.73. The molecule has 5 rings (SSSR count). The first-order valence-electron chi connectivity index (χ1n) is 16.2. The van der Waals surface area contributed by atoms with Gasteiger partial charge >= 0.3 is 23.9 Å². The zero-order valence-corrected chi connectivity index (χ0v) is 28.1. The number of phenolic OH excluding ortho intramolecular Hbond substituents is 4. The summed E-state index contributed by atoms with van der Waals surface area (Å²) in [5, 5.41) is 113. The van der Waals surface area contributed by atoms with Crippen molar-refractivity contribution >= 4 is 30.0 Å². The maximum atomic E-state index is 12.1. The number of aromatic hydroxyl groups is 4. The van der Waals surface area contributed by atoms with E-state index in [1.807, 2.05) is 0 Å². The number of aliphatic hydroxyl groups excluding tert-OH is 5. The fraction of sp³-hybridized carbons (Fsp3) is 0.455. The summed E-state index contributed by atoms with van der Waals surface area (Å²) < 4.78 is 38.5. The van der Waals surface area contributed by atoms with Crippen LogP contribution in [0.5, 0.6) is 28.7 Å². The molecule has 0 radical (unpaired) electrons. The van der Waals surface area contributed by atoms with Gasteiger partial charge in [0.15, 0.2) is 23.9 Å². The molecule has 1 unspecified atom stereocenters. The smallest absolute Gasteiger partial charge is 0.317 e. The van der Waals surface area contributed by atoms with Gasteiger partial charge in [-0.25, -0.2) is 0 Å². The first-order chi connectivity index (χ1) is 25.9. The Labute approximate surface area is 308 Å². The number of aliphatic hydroxyl groups is 5. The summed E-state index contributed by atoms with van der Waals surface area (Å²) in [5.41, 5.74) is 0.0550. The molecule has 300 valence electrons. The molecule has 22 nitrogen and oxygen atoms in total. The number of carbonyl (C=O) groups excluding carboxylic acids is 2.